The molecule has 0 spiro atoms. The molecule has 0 aliphatic heterocycles. The molecule has 3 nitrogen and oxygen atoms in total. The summed E-state index contributed by atoms with van der Waals surface area (Å²) in [6.45, 7) is 2.83. The van der Waals surface area contributed by atoms with Crippen molar-refractivity contribution in [1.29, 1.82) is 0 Å². The van der Waals surface area contributed by atoms with Crippen LogP contribution in [0.15, 0.2) is 41.6 Å². The van der Waals surface area contributed by atoms with E-state index in [2.05, 4.69) is 24.4 Å². The second kappa shape index (κ2) is 5.71. The number of esters is 1. The molecule has 0 aromatic heterocycles. The molecule has 1 aromatic carbocycles. The van der Waals surface area contributed by atoms with Crippen LogP contribution in [0.1, 0.15) is 25.3 Å². The van der Waals surface area contributed by atoms with Gasteiger partial charge in [0.15, 0.2) is 0 Å². The van der Waals surface area contributed by atoms with Gasteiger partial charge in [-0.25, -0.2) is 4.79 Å². The molecule has 18 heavy (non-hydrogen) atoms. The standard InChI is InChI=1S/C15H19NO2/c1-11-8-9-13(14(11)15(17)18-2)16-10-12-6-4-3-5-7-12/h3-7,11,16H,8-10H2,1-2H3. The van der Waals surface area contributed by atoms with Crippen molar-refractivity contribution in [2.75, 3.05) is 7.11 Å². The summed E-state index contributed by atoms with van der Waals surface area (Å²) in [5.74, 6) is 0.0892. The minimum absolute atomic E-state index is 0.199. The predicted octanol–water partition coefficient (Wildman–Crippen LogP) is 2.63. The number of nitrogens with one attached hydrogen (secondary N) is 1. The first-order valence-electron chi connectivity index (χ1n) is 6.31. The van der Waals surface area contributed by atoms with Crippen molar-refractivity contribution in [3.05, 3.63) is 47.2 Å². The van der Waals surface area contributed by atoms with Gasteiger partial charge in [0.2, 0.25) is 0 Å². The van der Waals surface area contributed by atoms with Gasteiger partial charge in [-0.3, -0.25) is 0 Å². The van der Waals surface area contributed by atoms with E-state index < -0.39 is 0 Å². The Bertz CT molecular complexity index is 451. The Hall–Kier alpha value is -1.77. The van der Waals surface area contributed by atoms with Gasteiger partial charge in [0.25, 0.3) is 0 Å². The normalized spacial score (nSPS) is 18.9. The Morgan fingerprint density at radius 3 is 2.78 bits per heavy atom. The molecular weight excluding hydrogens is 226 g/mol. The second-order valence-corrected chi connectivity index (χ2v) is 4.66. The van der Waals surface area contributed by atoms with Crippen molar-refractivity contribution in [3.8, 4) is 0 Å². The van der Waals surface area contributed by atoms with Crippen LogP contribution in [0.4, 0.5) is 0 Å². The number of rotatable bonds is 4. The first-order chi connectivity index (χ1) is 8.72. The monoisotopic (exact) mass is 245 g/mol. The van der Waals surface area contributed by atoms with Gasteiger partial charge < -0.3 is 10.1 Å². The highest BCUT2D eigenvalue weighted by Gasteiger charge is 2.27. The van der Waals surface area contributed by atoms with E-state index in [0.717, 1.165) is 30.7 Å². The summed E-state index contributed by atoms with van der Waals surface area (Å²) in [7, 11) is 1.44. The Labute approximate surface area is 108 Å². The number of allylic oxidation sites excluding steroid dienone is 1. The highest BCUT2D eigenvalue weighted by atomic mass is 16.5. The molecule has 0 fully saturated rings. The van der Waals surface area contributed by atoms with Gasteiger partial charge in [0.1, 0.15) is 0 Å². The average Bonchev–Trinajstić information content (AvgIpc) is 2.78. The molecule has 1 N–H and O–H groups in total. The Kier molecular flexibility index (Phi) is 4.03. The summed E-state index contributed by atoms with van der Waals surface area (Å²) in [5, 5.41) is 3.37. The Morgan fingerprint density at radius 1 is 1.39 bits per heavy atom. The van der Waals surface area contributed by atoms with E-state index >= 15 is 0 Å². The van der Waals surface area contributed by atoms with E-state index in [4.69, 9.17) is 4.74 Å². The zero-order chi connectivity index (χ0) is 13.0. The van der Waals surface area contributed by atoms with Crippen LogP contribution < -0.4 is 5.32 Å². The SMILES string of the molecule is COC(=O)C1=C(NCc2ccccc2)CCC1C. The molecule has 0 amide bonds. The van der Waals surface area contributed by atoms with Crippen molar-refractivity contribution in [2.24, 2.45) is 5.92 Å². The smallest absolute Gasteiger partial charge is 0.335 e. The molecule has 1 aliphatic carbocycles. The first kappa shape index (κ1) is 12.7. The summed E-state index contributed by atoms with van der Waals surface area (Å²) >= 11 is 0. The van der Waals surface area contributed by atoms with Crippen molar-refractivity contribution in [3.63, 3.8) is 0 Å². The third-order valence-corrected chi connectivity index (χ3v) is 3.40. The minimum Gasteiger partial charge on any atom is -0.466 e. The number of hydrogen-bond acceptors (Lipinski definition) is 3. The number of carbonyl (C=O) groups excluding carboxylic acids is 1. The lowest BCUT2D eigenvalue weighted by Crippen LogP contribution is -2.17. The molecule has 1 aliphatic rings. The fraction of sp³-hybridized carbons (Fsp3) is 0.400. The fourth-order valence-electron chi connectivity index (χ4n) is 2.36. The van der Waals surface area contributed by atoms with Gasteiger partial charge in [-0.1, -0.05) is 37.3 Å². The third kappa shape index (κ3) is 2.73. The minimum atomic E-state index is -0.199. The number of hydrogen-bond donors (Lipinski definition) is 1. The number of ether oxygens (including phenoxy) is 1. The zero-order valence-corrected chi connectivity index (χ0v) is 10.9. The van der Waals surface area contributed by atoms with Gasteiger partial charge in [-0.2, -0.15) is 0 Å². The molecule has 1 atom stereocenters. The maximum absolute atomic E-state index is 11.7. The van der Waals surface area contributed by atoms with Crippen LogP contribution in [-0.2, 0) is 16.1 Å². The first-order valence-corrected chi connectivity index (χ1v) is 6.31. The lowest BCUT2D eigenvalue weighted by atomic mass is 10.0. The molecule has 1 unspecified atom stereocenters. The summed E-state index contributed by atoms with van der Waals surface area (Å²) in [6.07, 6.45) is 1.94. The van der Waals surface area contributed by atoms with Gasteiger partial charge in [0.05, 0.1) is 12.7 Å². The van der Waals surface area contributed by atoms with Crippen LogP contribution in [0.3, 0.4) is 0 Å². The largest absolute Gasteiger partial charge is 0.466 e. The maximum Gasteiger partial charge on any atom is 0.335 e. The summed E-state index contributed by atoms with van der Waals surface area (Å²) < 4.78 is 4.85. The topological polar surface area (TPSA) is 38.3 Å². The zero-order valence-electron chi connectivity index (χ0n) is 10.9. The van der Waals surface area contributed by atoms with E-state index in [1.165, 1.54) is 12.7 Å². The lowest BCUT2D eigenvalue weighted by molar-refractivity contribution is -0.136. The number of carbonyl (C=O) groups is 1. The van der Waals surface area contributed by atoms with Crippen LogP contribution in [0.5, 0.6) is 0 Å². The van der Waals surface area contributed by atoms with Crippen LogP contribution >= 0.6 is 0 Å². The molecule has 0 heterocycles. The summed E-state index contributed by atoms with van der Waals surface area (Å²) in [4.78, 5) is 11.7. The fourth-order valence-corrected chi connectivity index (χ4v) is 2.36. The van der Waals surface area contributed by atoms with Crippen LogP contribution in [0.25, 0.3) is 0 Å². The maximum atomic E-state index is 11.7. The quantitative estimate of drug-likeness (QED) is 0.829. The molecule has 1 aromatic rings. The second-order valence-electron chi connectivity index (χ2n) is 4.66. The lowest BCUT2D eigenvalue weighted by Gasteiger charge is -2.11. The average molecular weight is 245 g/mol. The molecule has 3 heteroatoms. The van der Waals surface area contributed by atoms with Gasteiger partial charge >= 0.3 is 5.97 Å². The number of methoxy groups -OCH3 is 1. The van der Waals surface area contributed by atoms with Crippen molar-refractivity contribution in [2.45, 2.75) is 26.3 Å². The van der Waals surface area contributed by atoms with E-state index in [-0.39, 0.29) is 11.9 Å². The van der Waals surface area contributed by atoms with Crippen molar-refractivity contribution in [1.82, 2.24) is 5.32 Å². The van der Waals surface area contributed by atoms with Gasteiger partial charge in [0, 0.05) is 12.2 Å². The molecule has 0 radical (unpaired) electrons. The summed E-state index contributed by atoms with van der Waals surface area (Å²) in [5.41, 5.74) is 3.07. The molecular formula is C15H19NO2. The van der Waals surface area contributed by atoms with Crippen LogP contribution in [-0.4, -0.2) is 13.1 Å². The van der Waals surface area contributed by atoms with Crippen molar-refractivity contribution < 1.29 is 9.53 Å². The molecule has 0 saturated carbocycles. The van der Waals surface area contributed by atoms with Gasteiger partial charge in [-0.05, 0) is 24.3 Å². The van der Waals surface area contributed by atoms with Crippen LogP contribution in [0.2, 0.25) is 0 Å². The molecule has 96 valence electrons. The van der Waals surface area contributed by atoms with E-state index in [0.29, 0.717) is 0 Å². The third-order valence-electron chi connectivity index (χ3n) is 3.40. The van der Waals surface area contributed by atoms with Gasteiger partial charge in [-0.15, -0.1) is 0 Å². The highest BCUT2D eigenvalue weighted by molar-refractivity contribution is 5.90. The predicted molar refractivity (Wildman–Crippen MR) is 70.7 cm³/mol. The van der Waals surface area contributed by atoms with E-state index in [1.54, 1.807) is 0 Å². The molecule has 0 bridgehead atoms. The summed E-state index contributed by atoms with van der Waals surface area (Å²) in [6, 6.07) is 10.2. The Balaban J connectivity index is 2.07. The number of benzene rings is 1. The Morgan fingerprint density at radius 2 is 2.11 bits per heavy atom. The highest BCUT2D eigenvalue weighted by Crippen LogP contribution is 2.31. The molecule has 0 saturated heterocycles. The van der Waals surface area contributed by atoms with Crippen molar-refractivity contribution >= 4 is 5.97 Å². The van der Waals surface area contributed by atoms with Crippen LogP contribution in [0, 0.1) is 5.92 Å². The molecule has 2 rings (SSSR count). The van der Waals surface area contributed by atoms with E-state index in [1.807, 2.05) is 18.2 Å². The van der Waals surface area contributed by atoms with E-state index in [9.17, 15) is 4.79 Å².